The van der Waals surface area contributed by atoms with Crippen LogP contribution in [-0.4, -0.2) is 54.7 Å². The van der Waals surface area contributed by atoms with E-state index < -0.39 is 0 Å². The maximum Gasteiger partial charge on any atom is 0.278 e. The molecular weight excluding hydrogens is 444 g/mol. The number of hydrogen-bond donors (Lipinski definition) is 1. The predicted molar refractivity (Wildman–Crippen MR) is 138 cm³/mol. The van der Waals surface area contributed by atoms with Crippen molar-refractivity contribution in [3.05, 3.63) is 81.5 Å². The molecule has 0 bridgehead atoms. The Morgan fingerprint density at radius 1 is 1.11 bits per heavy atom. The van der Waals surface area contributed by atoms with Crippen LogP contribution in [0.4, 0.5) is 11.6 Å². The largest absolute Gasteiger partial charge is 0.324 e. The molecule has 1 aromatic carbocycles. The molecule has 10 heteroatoms. The Labute approximate surface area is 203 Å². The Kier molecular flexibility index (Phi) is 6.92. The molecule has 182 valence electrons. The summed E-state index contributed by atoms with van der Waals surface area (Å²) in [6.45, 7) is 8.73. The molecule has 0 amide bonds. The van der Waals surface area contributed by atoms with Crippen LogP contribution in [-0.2, 0) is 13.0 Å². The van der Waals surface area contributed by atoms with Crippen LogP contribution in [0.25, 0.3) is 16.9 Å². The van der Waals surface area contributed by atoms with Crippen LogP contribution in [0, 0.1) is 0 Å². The number of allylic oxidation sites excluding steroid dienone is 1. The molecule has 3 heterocycles. The van der Waals surface area contributed by atoms with Gasteiger partial charge in [-0.15, -0.1) is 11.7 Å². The van der Waals surface area contributed by atoms with Gasteiger partial charge < -0.3 is 10.2 Å². The Bertz CT molecular complexity index is 1460. The van der Waals surface area contributed by atoms with Crippen LogP contribution in [0.3, 0.4) is 0 Å². The summed E-state index contributed by atoms with van der Waals surface area (Å²) in [5.74, 6) is 0.752. The molecule has 0 radical (unpaired) electrons. The lowest BCUT2D eigenvalue weighted by Crippen LogP contribution is -2.28. The summed E-state index contributed by atoms with van der Waals surface area (Å²) in [6, 6.07) is 11.0. The summed E-state index contributed by atoms with van der Waals surface area (Å²) in [4.78, 5) is 36.5. The lowest BCUT2D eigenvalue weighted by molar-refractivity contribution is 0.413. The lowest BCUT2D eigenvalue weighted by atomic mass is 10.1. The van der Waals surface area contributed by atoms with Crippen LogP contribution < -0.4 is 16.4 Å². The first-order valence-electron chi connectivity index (χ1n) is 11.5. The molecule has 0 unspecified atom stereocenters. The van der Waals surface area contributed by atoms with E-state index in [1.807, 2.05) is 26.0 Å². The number of fused-ring (bicyclic) bond motifs is 1. The van der Waals surface area contributed by atoms with Gasteiger partial charge in [-0.1, -0.05) is 18.2 Å². The molecule has 0 atom stereocenters. The Balaban J connectivity index is 1.76. The van der Waals surface area contributed by atoms with Gasteiger partial charge in [-0.2, -0.15) is 4.98 Å². The van der Waals surface area contributed by atoms with E-state index in [1.165, 1.54) is 27.2 Å². The van der Waals surface area contributed by atoms with Gasteiger partial charge in [0.1, 0.15) is 5.39 Å². The van der Waals surface area contributed by atoms with Crippen molar-refractivity contribution in [3.8, 4) is 5.82 Å². The number of rotatable bonds is 9. The number of hydrogen-bond acceptors (Lipinski definition) is 7. The first-order valence-corrected chi connectivity index (χ1v) is 11.5. The van der Waals surface area contributed by atoms with Crippen molar-refractivity contribution in [2.24, 2.45) is 0 Å². The lowest BCUT2D eigenvalue weighted by Gasteiger charge is -2.14. The summed E-state index contributed by atoms with van der Waals surface area (Å²) in [7, 11) is 4.11. The minimum atomic E-state index is -0.263. The van der Waals surface area contributed by atoms with Crippen molar-refractivity contribution in [3.63, 3.8) is 0 Å². The quantitative estimate of drug-likeness (QED) is 0.372. The van der Waals surface area contributed by atoms with Crippen molar-refractivity contribution in [2.75, 3.05) is 26.0 Å². The third-order valence-corrected chi connectivity index (χ3v) is 5.55. The fraction of sp³-hybridized carbons (Fsp3) is 0.320. The third-order valence-electron chi connectivity index (χ3n) is 5.55. The first-order chi connectivity index (χ1) is 16.8. The van der Waals surface area contributed by atoms with Crippen molar-refractivity contribution >= 4 is 22.7 Å². The number of anilines is 2. The van der Waals surface area contributed by atoms with Gasteiger partial charge in [-0.3, -0.25) is 9.59 Å². The summed E-state index contributed by atoms with van der Waals surface area (Å²) in [5, 5.41) is 8.05. The summed E-state index contributed by atoms with van der Waals surface area (Å²) in [5.41, 5.74) is 1.98. The number of aromatic nitrogens is 6. The van der Waals surface area contributed by atoms with Gasteiger partial charge in [0.05, 0.1) is 12.6 Å². The molecule has 0 aliphatic heterocycles. The monoisotopic (exact) mass is 474 g/mol. The highest BCUT2D eigenvalue weighted by Crippen LogP contribution is 2.19. The van der Waals surface area contributed by atoms with Crippen LogP contribution in [0.2, 0.25) is 0 Å². The molecule has 0 saturated carbocycles. The topological polar surface area (TPSA) is 103 Å². The van der Waals surface area contributed by atoms with Crippen LogP contribution >= 0.6 is 0 Å². The molecule has 0 spiro atoms. The molecule has 0 aliphatic rings. The van der Waals surface area contributed by atoms with Crippen LogP contribution in [0.5, 0.6) is 0 Å². The highest BCUT2D eigenvalue weighted by atomic mass is 16.1. The Morgan fingerprint density at radius 2 is 1.86 bits per heavy atom. The van der Waals surface area contributed by atoms with Gasteiger partial charge >= 0.3 is 0 Å². The SMILES string of the molecule is C=CCn1c(=O)c2cnc(Nc3ccc(CCN(C)C)cc3)nc2n1-c1ccc(=O)n(C(C)C)n1. The average molecular weight is 475 g/mol. The number of likely N-dealkylation sites (N-methyl/N-ethyl adjacent to an activating group) is 1. The number of nitrogens with one attached hydrogen (secondary N) is 1. The molecule has 0 fully saturated rings. The Morgan fingerprint density at radius 3 is 2.51 bits per heavy atom. The smallest absolute Gasteiger partial charge is 0.278 e. The predicted octanol–water partition coefficient (Wildman–Crippen LogP) is 2.75. The minimum absolute atomic E-state index is 0.142. The van der Waals surface area contributed by atoms with Gasteiger partial charge in [0.2, 0.25) is 5.95 Å². The highest BCUT2D eigenvalue weighted by Gasteiger charge is 2.19. The fourth-order valence-electron chi connectivity index (χ4n) is 3.74. The maximum absolute atomic E-state index is 13.1. The molecular formula is C25H30N8O2. The van der Waals surface area contributed by atoms with Crippen LogP contribution in [0.1, 0.15) is 25.5 Å². The van der Waals surface area contributed by atoms with Gasteiger partial charge in [0.15, 0.2) is 11.5 Å². The second-order valence-corrected chi connectivity index (χ2v) is 8.86. The molecule has 4 rings (SSSR count). The molecule has 35 heavy (non-hydrogen) atoms. The fourth-order valence-corrected chi connectivity index (χ4v) is 3.74. The summed E-state index contributed by atoms with van der Waals surface area (Å²) < 4.78 is 4.46. The first kappa shape index (κ1) is 24.1. The van der Waals surface area contributed by atoms with Gasteiger partial charge in [-0.05, 0) is 58.1 Å². The van der Waals surface area contributed by atoms with Crippen molar-refractivity contribution in [1.82, 2.24) is 34.0 Å². The van der Waals surface area contributed by atoms with E-state index in [4.69, 9.17) is 0 Å². The molecule has 10 nitrogen and oxygen atoms in total. The normalized spacial score (nSPS) is 11.5. The number of nitrogens with zero attached hydrogens (tertiary/aromatic N) is 7. The van der Waals surface area contributed by atoms with Gasteiger partial charge in [0, 0.05) is 24.5 Å². The Hall–Kier alpha value is -4.05. The maximum atomic E-state index is 13.1. The van der Waals surface area contributed by atoms with E-state index in [0.29, 0.717) is 22.8 Å². The average Bonchev–Trinajstić information content (AvgIpc) is 3.10. The van der Waals surface area contributed by atoms with Crippen molar-refractivity contribution < 1.29 is 0 Å². The molecule has 0 aliphatic carbocycles. The summed E-state index contributed by atoms with van der Waals surface area (Å²) >= 11 is 0. The van der Waals surface area contributed by atoms with E-state index in [-0.39, 0.29) is 23.7 Å². The van der Waals surface area contributed by atoms with E-state index in [2.05, 4.69) is 58.1 Å². The van der Waals surface area contributed by atoms with Crippen molar-refractivity contribution in [2.45, 2.75) is 32.9 Å². The second-order valence-electron chi connectivity index (χ2n) is 8.86. The zero-order valence-electron chi connectivity index (χ0n) is 20.5. The van der Waals surface area contributed by atoms with Gasteiger partial charge in [-0.25, -0.2) is 19.0 Å². The molecule has 1 N–H and O–H groups in total. The van der Waals surface area contributed by atoms with E-state index in [9.17, 15) is 9.59 Å². The van der Waals surface area contributed by atoms with Crippen molar-refractivity contribution in [1.29, 1.82) is 0 Å². The standard InChI is InChI=1S/C25H30N8O2/c1-6-14-31-24(35)20-16-26-25(27-19-9-7-18(8-10-19)13-15-30(4)5)28-23(20)33(31)21-11-12-22(34)32(29-21)17(2)3/h6-12,16-17H,1,13-15H2,2-5H3,(H,26,27,28). The van der Waals surface area contributed by atoms with Gasteiger partial charge in [0.25, 0.3) is 11.1 Å². The molecule has 0 saturated heterocycles. The zero-order chi connectivity index (χ0) is 25.1. The van der Waals surface area contributed by atoms with E-state index in [1.54, 1.807) is 16.8 Å². The number of benzene rings is 1. The molecule has 3 aromatic heterocycles. The molecule has 4 aromatic rings. The summed E-state index contributed by atoms with van der Waals surface area (Å²) in [6.07, 6.45) is 4.09. The van der Waals surface area contributed by atoms with E-state index >= 15 is 0 Å². The zero-order valence-corrected chi connectivity index (χ0v) is 20.5. The third kappa shape index (κ3) is 5.07. The van der Waals surface area contributed by atoms with Crippen LogP contribution in [0.15, 0.2) is 64.8 Å². The minimum Gasteiger partial charge on any atom is -0.324 e. The van der Waals surface area contributed by atoms with E-state index in [0.717, 1.165) is 18.7 Å². The highest BCUT2D eigenvalue weighted by molar-refractivity contribution is 5.77. The second kappa shape index (κ2) is 10.1.